The van der Waals surface area contributed by atoms with Crippen molar-refractivity contribution >= 4 is 5.82 Å². The normalized spacial score (nSPS) is 15.4. The van der Waals surface area contributed by atoms with E-state index in [2.05, 4.69) is 35.3 Å². The third-order valence-corrected chi connectivity index (χ3v) is 3.92. The van der Waals surface area contributed by atoms with Crippen LogP contribution in [0.5, 0.6) is 0 Å². The highest BCUT2D eigenvalue weighted by Gasteiger charge is 2.19. The summed E-state index contributed by atoms with van der Waals surface area (Å²) in [5, 5.41) is 0. The topological polar surface area (TPSA) is 38.9 Å². The minimum absolute atomic E-state index is 0.619. The van der Waals surface area contributed by atoms with Crippen molar-refractivity contribution in [3.63, 3.8) is 0 Å². The fourth-order valence-electron chi connectivity index (χ4n) is 2.46. The zero-order valence-corrected chi connectivity index (χ0v) is 10.7. The summed E-state index contributed by atoms with van der Waals surface area (Å²) in [5.74, 6) is 1.39. The first kappa shape index (κ1) is 11.3. The Bertz CT molecular complexity index is 571. The molecule has 2 aromatic rings. The van der Waals surface area contributed by atoms with Crippen molar-refractivity contribution in [2.45, 2.75) is 32.1 Å². The van der Waals surface area contributed by atoms with Gasteiger partial charge in [-0.15, -0.1) is 0 Å². The minimum atomic E-state index is 0.619. The van der Waals surface area contributed by atoms with Crippen LogP contribution in [0.3, 0.4) is 0 Å². The summed E-state index contributed by atoms with van der Waals surface area (Å²) in [6.45, 7) is 2.00. The van der Waals surface area contributed by atoms with Crippen molar-refractivity contribution in [3.8, 4) is 11.1 Å². The number of aromatic nitrogens is 1. The lowest BCUT2D eigenvalue weighted by atomic mass is 9.79. The summed E-state index contributed by atoms with van der Waals surface area (Å²) in [6.07, 6.45) is 5.91. The Hall–Kier alpha value is -1.83. The van der Waals surface area contributed by atoms with E-state index in [0.29, 0.717) is 5.82 Å². The number of pyridine rings is 1. The molecule has 2 heteroatoms. The van der Waals surface area contributed by atoms with Crippen LogP contribution in [0.15, 0.2) is 36.5 Å². The number of benzene rings is 1. The minimum Gasteiger partial charge on any atom is -0.383 e. The Balaban J connectivity index is 1.97. The van der Waals surface area contributed by atoms with Gasteiger partial charge in [-0.25, -0.2) is 4.98 Å². The molecule has 0 aliphatic heterocycles. The molecule has 1 aliphatic carbocycles. The maximum absolute atomic E-state index is 5.76. The SMILES string of the molecule is Cc1cc(-c2cccc(C3CCC3)c2)cnc1N. The molecule has 0 radical (unpaired) electrons. The molecule has 0 bridgehead atoms. The van der Waals surface area contributed by atoms with Gasteiger partial charge in [0.15, 0.2) is 0 Å². The third kappa shape index (κ3) is 1.99. The van der Waals surface area contributed by atoms with Crippen LogP contribution in [-0.2, 0) is 0 Å². The van der Waals surface area contributed by atoms with E-state index < -0.39 is 0 Å². The second-order valence-corrected chi connectivity index (χ2v) is 5.18. The molecular formula is C16H18N2. The van der Waals surface area contributed by atoms with Gasteiger partial charge in [-0.3, -0.25) is 0 Å². The molecule has 0 unspecified atom stereocenters. The van der Waals surface area contributed by atoms with Gasteiger partial charge in [0, 0.05) is 11.8 Å². The van der Waals surface area contributed by atoms with Crippen molar-refractivity contribution in [2.75, 3.05) is 5.73 Å². The molecule has 1 aromatic heterocycles. The summed E-state index contributed by atoms with van der Waals surface area (Å²) in [7, 11) is 0. The van der Waals surface area contributed by atoms with Crippen LogP contribution in [0, 0.1) is 6.92 Å². The predicted octanol–water partition coefficient (Wildman–Crippen LogP) is 3.91. The lowest BCUT2D eigenvalue weighted by molar-refractivity contribution is 0.420. The van der Waals surface area contributed by atoms with Gasteiger partial charge in [0.1, 0.15) is 5.82 Å². The van der Waals surface area contributed by atoms with Gasteiger partial charge in [0.05, 0.1) is 0 Å². The van der Waals surface area contributed by atoms with Crippen LogP contribution in [-0.4, -0.2) is 4.98 Å². The standard InChI is InChI=1S/C16H18N2/c1-11-8-15(10-18-16(11)17)14-7-3-6-13(9-14)12-4-2-5-12/h3,6-10,12H,2,4-5H2,1H3,(H2,17,18). The maximum atomic E-state index is 5.76. The van der Waals surface area contributed by atoms with Crippen LogP contribution in [0.4, 0.5) is 5.82 Å². The predicted molar refractivity (Wildman–Crippen MR) is 75.4 cm³/mol. The Kier molecular flexibility index (Phi) is 2.78. The van der Waals surface area contributed by atoms with Crippen LogP contribution < -0.4 is 5.73 Å². The smallest absolute Gasteiger partial charge is 0.126 e. The van der Waals surface area contributed by atoms with Crippen molar-refractivity contribution in [3.05, 3.63) is 47.7 Å². The molecule has 0 atom stereocenters. The Morgan fingerprint density at radius 3 is 2.67 bits per heavy atom. The molecule has 0 saturated heterocycles. The zero-order valence-electron chi connectivity index (χ0n) is 10.7. The van der Waals surface area contributed by atoms with Gasteiger partial charge in [0.2, 0.25) is 0 Å². The van der Waals surface area contributed by atoms with Gasteiger partial charge in [-0.1, -0.05) is 30.7 Å². The van der Waals surface area contributed by atoms with E-state index >= 15 is 0 Å². The number of nitrogens with two attached hydrogens (primary N) is 1. The summed E-state index contributed by atoms with van der Waals surface area (Å²) in [4.78, 5) is 4.24. The second kappa shape index (κ2) is 4.45. The first-order valence-corrected chi connectivity index (χ1v) is 6.56. The second-order valence-electron chi connectivity index (χ2n) is 5.18. The van der Waals surface area contributed by atoms with E-state index in [0.717, 1.165) is 17.0 Å². The third-order valence-electron chi connectivity index (χ3n) is 3.92. The fourth-order valence-corrected chi connectivity index (χ4v) is 2.46. The number of aryl methyl sites for hydroxylation is 1. The molecule has 1 aliphatic rings. The highest BCUT2D eigenvalue weighted by atomic mass is 14.8. The molecule has 0 spiro atoms. The van der Waals surface area contributed by atoms with E-state index in [1.54, 1.807) is 0 Å². The molecule has 92 valence electrons. The number of hydrogen-bond acceptors (Lipinski definition) is 2. The van der Waals surface area contributed by atoms with Crippen LogP contribution in [0.1, 0.15) is 36.3 Å². The molecule has 2 N–H and O–H groups in total. The van der Waals surface area contributed by atoms with Crippen LogP contribution >= 0.6 is 0 Å². The molecule has 0 amide bonds. The Labute approximate surface area is 108 Å². The average molecular weight is 238 g/mol. The summed E-state index contributed by atoms with van der Waals surface area (Å²) in [5.41, 5.74) is 10.7. The Morgan fingerprint density at radius 2 is 2.00 bits per heavy atom. The van der Waals surface area contributed by atoms with Gasteiger partial charge >= 0.3 is 0 Å². The maximum Gasteiger partial charge on any atom is 0.126 e. The molecular weight excluding hydrogens is 220 g/mol. The molecule has 18 heavy (non-hydrogen) atoms. The quantitative estimate of drug-likeness (QED) is 0.861. The first-order valence-electron chi connectivity index (χ1n) is 6.56. The number of rotatable bonds is 2. The highest BCUT2D eigenvalue weighted by molar-refractivity contribution is 5.66. The van der Waals surface area contributed by atoms with Crippen LogP contribution in [0.2, 0.25) is 0 Å². The van der Waals surface area contributed by atoms with E-state index in [4.69, 9.17) is 5.73 Å². The van der Waals surface area contributed by atoms with Gasteiger partial charge in [-0.05, 0) is 48.4 Å². The van der Waals surface area contributed by atoms with Crippen molar-refractivity contribution in [2.24, 2.45) is 0 Å². The summed E-state index contributed by atoms with van der Waals surface area (Å²) < 4.78 is 0. The molecule has 1 saturated carbocycles. The lowest BCUT2D eigenvalue weighted by Crippen LogP contribution is -2.08. The van der Waals surface area contributed by atoms with Gasteiger partial charge in [-0.2, -0.15) is 0 Å². The fraction of sp³-hybridized carbons (Fsp3) is 0.312. The number of hydrogen-bond donors (Lipinski definition) is 1. The monoisotopic (exact) mass is 238 g/mol. The van der Waals surface area contributed by atoms with Crippen molar-refractivity contribution in [1.82, 2.24) is 4.98 Å². The van der Waals surface area contributed by atoms with E-state index in [1.165, 1.54) is 30.4 Å². The summed E-state index contributed by atoms with van der Waals surface area (Å²) >= 11 is 0. The van der Waals surface area contributed by atoms with Crippen LogP contribution in [0.25, 0.3) is 11.1 Å². The van der Waals surface area contributed by atoms with E-state index in [9.17, 15) is 0 Å². The first-order chi connectivity index (χ1) is 8.74. The molecule has 1 heterocycles. The molecule has 2 nitrogen and oxygen atoms in total. The molecule has 1 fully saturated rings. The zero-order chi connectivity index (χ0) is 12.5. The van der Waals surface area contributed by atoms with Crippen molar-refractivity contribution < 1.29 is 0 Å². The van der Waals surface area contributed by atoms with E-state index in [-0.39, 0.29) is 0 Å². The molecule has 1 aromatic carbocycles. The number of nitrogens with zero attached hydrogens (tertiary/aromatic N) is 1. The number of anilines is 1. The van der Waals surface area contributed by atoms with Crippen molar-refractivity contribution in [1.29, 1.82) is 0 Å². The molecule has 3 rings (SSSR count). The Morgan fingerprint density at radius 1 is 1.17 bits per heavy atom. The lowest BCUT2D eigenvalue weighted by Gasteiger charge is -2.26. The largest absolute Gasteiger partial charge is 0.383 e. The number of nitrogen functional groups attached to an aromatic ring is 1. The average Bonchev–Trinajstić information content (AvgIpc) is 2.31. The van der Waals surface area contributed by atoms with E-state index in [1.807, 2.05) is 13.1 Å². The van der Waals surface area contributed by atoms with Gasteiger partial charge in [0.25, 0.3) is 0 Å². The highest BCUT2D eigenvalue weighted by Crippen LogP contribution is 2.37. The van der Waals surface area contributed by atoms with Gasteiger partial charge < -0.3 is 5.73 Å². The summed E-state index contributed by atoms with van der Waals surface area (Å²) in [6, 6.07) is 11.0.